The van der Waals surface area contributed by atoms with Crippen molar-refractivity contribution in [2.24, 2.45) is 0 Å². The molecular weight excluding hydrogens is 158 g/mol. The number of aromatic amines is 1. The van der Waals surface area contributed by atoms with Crippen molar-refractivity contribution in [3.63, 3.8) is 0 Å². The van der Waals surface area contributed by atoms with Crippen LogP contribution in [0, 0.1) is 0 Å². The van der Waals surface area contributed by atoms with Gasteiger partial charge >= 0.3 is 0 Å². The zero-order chi connectivity index (χ0) is 8.39. The molecule has 0 aromatic carbocycles. The molecule has 1 N–H and O–H groups in total. The largest absolute Gasteiger partial charge is 0.423 e. The summed E-state index contributed by atoms with van der Waals surface area (Å²) in [6, 6.07) is 1.40. The van der Waals surface area contributed by atoms with Gasteiger partial charge in [0.15, 0.2) is 5.43 Å². The van der Waals surface area contributed by atoms with E-state index in [1.807, 2.05) is 0 Å². The van der Waals surface area contributed by atoms with Gasteiger partial charge in [-0.3, -0.25) is 4.79 Å². The second-order valence-electron chi connectivity index (χ2n) is 2.17. The van der Waals surface area contributed by atoms with E-state index in [2.05, 4.69) is 15.2 Å². The number of hydrogen-bond acceptors (Lipinski definition) is 4. The van der Waals surface area contributed by atoms with E-state index in [0.29, 0.717) is 5.56 Å². The molecule has 0 aliphatic rings. The van der Waals surface area contributed by atoms with Crippen LogP contribution >= 0.6 is 0 Å². The second-order valence-corrected chi connectivity index (χ2v) is 2.17. The lowest BCUT2D eigenvalue weighted by Crippen LogP contribution is -2.02. The molecule has 2 heterocycles. The number of H-pyrrole nitrogens is 1. The van der Waals surface area contributed by atoms with E-state index in [-0.39, 0.29) is 11.3 Å². The Morgan fingerprint density at radius 2 is 2.42 bits per heavy atom. The van der Waals surface area contributed by atoms with Crippen LogP contribution in [0.15, 0.2) is 34.1 Å². The highest BCUT2D eigenvalue weighted by Crippen LogP contribution is 2.07. The van der Waals surface area contributed by atoms with Crippen LogP contribution in [-0.2, 0) is 0 Å². The summed E-state index contributed by atoms with van der Waals surface area (Å²) in [6.45, 7) is 0. The first-order valence-electron chi connectivity index (χ1n) is 3.31. The highest BCUT2D eigenvalue weighted by Gasteiger charge is 2.05. The quantitative estimate of drug-likeness (QED) is 0.661. The minimum Gasteiger partial charge on any atom is -0.423 e. The SMILES string of the molecule is O=c1cc[nH]cc1-c1nnco1. The molecule has 5 heteroatoms. The van der Waals surface area contributed by atoms with Crippen molar-refractivity contribution in [1.82, 2.24) is 15.2 Å². The highest BCUT2D eigenvalue weighted by atomic mass is 16.4. The summed E-state index contributed by atoms with van der Waals surface area (Å²) >= 11 is 0. The molecular formula is C7H5N3O2. The van der Waals surface area contributed by atoms with E-state index in [1.165, 1.54) is 18.7 Å². The van der Waals surface area contributed by atoms with Crippen LogP contribution in [0.4, 0.5) is 0 Å². The van der Waals surface area contributed by atoms with E-state index < -0.39 is 0 Å². The molecule has 0 amide bonds. The highest BCUT2D eigenvalue weighted by molar-refractivity contribution is 5.49. The summed E-state index contributed by atoms with van der Waals surface area (Å²) in [5, 5.41) is 7.08. The average Bonchev–Trinajstić information content (AvgIpc) is 2.57. The standard InChI is InChI=1S/C7H5N3O2/c11-6-1-2-8-3-5(6)7-10-9-4-12-7/h1-4H,(H,8,11). The van der Waals surface area contributed by atoms with Gasteiger partial charge in [-0.25, -0.2) is 0 Å². The number of rotatable bonds is 1. The Labute approximate surface area is 67.1 Å². The van der Waals surface area contributed by atoms with E-state index >= 15 is 0 Å². The van der Waals surface area contributed by atoms with Crippen LogP contribution in [0.5, 0.6) is 0 Å². The smallest absolute Gasteiger partial charge is 0.252 e. The third-order valence-corrected chi connectivity index (χ3v) is 1.41. The van der Waals surface area contributed by atoms with Crippen molar-refractivity contribution >= 4 is 0 Å². The summed E-state index contributed by atoms with van der Waals surface area (Å²) in [7, 11) is 0. The van der Waals surface area contributed by atoms with Gasteiger partial charge < -0.3 is 9.40 Å². The van der Waals surface area contributed by atoms with Crippen LogP contribution < -0.4 is 5.43 Å². The van der Waals surface area contributed by atoms with Crippen molar-refractivity contribution in [1.29, 1.82) is 0 Å². The maximum atomic E-state index is 11.2. The fraction of sp³-hybridized carbons (Fsp3) is 0. The first-order chi connectivity index (χ1) is 5.88. The third-order valence-electron chi connectivity index (χ3n) is 1.41. The fourth-order valence-corrected chi connectivity index (χ4v) is 0.874. The van der Waals surface area contributed by atoms with E-state index in [0.717, 1.165) is 0 Å². The minimum atomic E-state index is -0.141. The Morgan fingerprint density at radius 1 is 1.50 bits per heavy atom. The summed E-state index contributed by atoms with van der Waals surface area (Å²) in [5.41, 5.74) is 0.244. The fourth-order valence-electron chi connectivity index (χ4n) is 0.874. The Kier molecular flexibility index (Phi) is 1.48. The van der Waals surface area contributed by atoms with Gasteiger partial charge in [-0.1, -0.05) is 0 Å². The summed E-state index contributed by atoms with van der Waals surface area (Å²) in [5.74, 6) is 0.233. The van der Waals surface area contributed by atoms with Crippen LogP contribution in [0.3, 0.4) is 0 Å². The second kappa shape index (κ2) is 2.61. The Balaban J connectivity index is 2.63. The minimum absolute atomic E-state index is 0.141. The lowest BCUT2D eigenvalue weighted by Gasteiger charge is -1.89. The predicted molar refractivity (Wildman–Crippen MR) is 40.4 cm³/mol. The number of nitrogens with one attached hydrogen (secondary N) is 1. The molecule has 2 aromatic rings. The molecule has 0 unspecified atom stereocenters. The Hall–Kier alpha value is -1.91. The molecule has 2 aromatic heterocycles. The number of pyridine rings is 1. The predicted octanol–water partition coefficient (Wildman–Crippen LogP) is 0.425. The molecule has 12 heavy (non-hydrogen) atoms. The molecule has 0 radical (unpaired) electrons. The number of nitrogens with zero attached hydrogens (tertiary/aromatic N) is 2. The van der Waals surface area contributed by atoms with Crippen molar-refractivity contribution in [2.45, 2.75) is 0 Å². The van der Waals surface area contributed by atoms with E-state index in [9.17, 15) is 4.79 Å². The molecule has 60 valence electrons. The first-order valence-corrected chi connectivity index (χ1v) is 3.31. The summed E-state index contributed by atoms with van der Waals surface area (Å²) in [6.07, 6.45) is 4.25. The van der Waals surface area contributed by atoms with Gasteiger partial charge in [-0.2, -0.15) is 0 Å². The topological polar surface area (TPSA) is 71.8 Å². The molecule has 0 aliphatic heterocycles. The Bertz CT molecular complexity index is 418. The number of aromatic nitrogens is 3. The van der Waals surface area contributed by atoms with Gasteiger partial charge in [0.25, 0.3) is 5.89 Å². The molecule has 5 nitrogen and oxygen atoms in total. The zero-order valence-electron chi connectivity index (χ0n) is 6.02. The summed E-state index contributed by atoms with van der Waals surface area (Å²) in [4.78, 5) is 13.9. The Morgan fingerprint density at radius 3 is 3.08 bits per heavy atom. The van der Waals surface area contributed by atoms with E-state index in [1.54, 1.807) is 6.20 Å². The lowest BCUT2D eigenvalue weighted by molar-refractivity contribution is 0.568. The van der Waals surface area contributed by atoms with Crippen molar-refractivity contribution in [3.05, 3.63) is 35.1 Å². The van der Waals surface area contributed by atoms with Gasteiger partial charge in [0.05, 0.1) is 0 Å². The van der Waals surface area contributed by atoms with Crippen LogP contribution in [-0.4, -0.2) is 15.2 Å². The average molecular weight is 163 g/mol. The molecule has 0 fully saturated rings. The van der Waals surface area contributed by atoms with Gasteiger partial charge in [-0.15, -0.1) is 10.2 Å². The number of hydrogen-bond donors (Lipinski definition) is 1. The van der Waals surface area contributed by atoms with Crippen molar-refractivity contribution in [3.8, 4) is 11.5 Å². The molecule has 0 bridgehead atoms. The molecule has 2 rings (SSSR count). The molecule has 0 spiro atoms. The maximum absolute atomic E-state index is 11.2. The maximum Gasteiger partial charge on any atom is 0.252 e. The molecule has 0 saturated carbocycles. The van der Waals surface area contributed by atoms with Gasteiger partial charge in [0.1, 0.15) is 5.56 Å². The summed E-state index contributed by atoms with van der Waals surface area (Å²) < 4.78 is 4.86. The first kappa shape index (κ1) is 6.78. The van der Waals surface area contributed by atoms with Gasteiger partial charge in [0, 0.05) is 18.5 Å². The van der Waals surface area contributed by atoms with Crippen LogP contribution in [0.2, 0.25) is 0 Å². The van der Waals surface area contributed by atoms with Crippen LogP contribution in [0.1, 0.15) is 0 Å². The monoisotopic (exact) mass is 163 g/mol. The van der Waals surface area contributed by atoms with Gasteiger partial charge in [-0.05, 0) is 0 Å². The lowest BCUT2D eigenvalue weighted by atomic mass is 10.3. The van der Waals surface area contributed by atoms with E-state index in [4.69, 9.17) is 4.42 Å². The van der Waals surface area contributed by atoms with Crippen molar-refractivity contribution < 1.29 is 4.42 Å². The zero-order valence-corrected chi connectivity index (χ0v) is 6.02. The third kappa shape index (κ3) is 1.01. The normalized spacial score (nSPS) is 10.0. The molecule has 0 aliphatic carbocycles. The van der Waals surface area contributed by atoms with Gasteiger partial charge in [0.2, 0.25) is 6.39 Å². The van der Waals surface area contributed by atoms with Crippen LogP contribution in [0.25, 0.3) is 11.5 Å². The molecule has 0 saturated heterocycles. The molecule has 0 atom stereocenters. The van der Waals surface area contributed by atoms with Crippen molar-refractivity contribution in [2.75, 3.05) is 0 Å².